The number of hydrogen-bond acceptors (Lipinski definition) is 2. The highest BCUT2D eigenvalue weighted by Crippen LogP contribution is 2.38. The third-order valence-corrected chi connectivity index (χ3v) is 3.09. The maximum Gasteiger partial charge on any atom is 0.128 e. The third-order valence-electron chi connectivity index (χ3n) is 2.62. The molecule has 2 aromatic rings. The topological polar surface area (TPSA) is 18.5 Å². The average molecular weight is 283 g/mol. The van der Waals surface area contributed by atoms with Crippen LogP contribution in [-0.2, 0) is 0 Å². The second kappa shape index (κ2) is 5.51. The van der Waals surface area contributed by atoms with Gasteiger partial charge in [-0.3, -0.25) is 0 Å². The van der Waals surface area contributed by atoms with E-state index in [1.807, 2.05) is 24.3 Å². The van der Waals surface area contributed by atoms with E-state index in [1.54, 1.807) is 26.4 Å². The van der Waals surface area contributed by atoms with E-state index >= 15 is 0 Å². The summed E-state index contributed by atoms with van der Waals surface area (Å²) >= 11 is 11.9. The Morgan fingerprint density at radius 3 is 1.44 bits per heavy atom. The molecule has 0 amide bonds. The summed E-state index contributed by atoms with van der Waals surface area (Å²) < 4.78 is 10.7. The van der Waals surface area contributed by atoms with E-state index in [0.29, 0.717) is 21.5 Å². The van der Waals surface area contributed by atoms with Crippen LogP contribution in [0.1, 0.15) is 0 Å². The zero-order valence-corrected chi connectivity index (χ0v) is 11.5. The fourth-order valence-corrected chi connectivity index (χ4v) is 2.10. The molecule has 0 aliphatic heterocycles. The van der Waals surface area contributed by atoms with Crippen molar-refractivity contribution >= 4 is 23.2 Å². The molecule has 2 aromatic carbocycles. The molecule has 0 N–H and O–H groups in total. The summed E-state index contributed by atoms with van der Waals surface area (Å²) in [7, 11) is 3.22. The minimum absolute atomic E-state index is 0.628. The molecule has 0 atom stereocenters. The van der Waals surface area contributed by atoms with Crippen molar-refractivity contribution in [3.63, 3.8) is 0 Å². The van der Waals surface area contributed by atoms with Gasteiger partial charge in [0.2, 0.25) is 0 Å². The molecular formula is C14H12Cl2O2. The fraction of sp³-hybridized carbons (Fsp3) is 0.143. The van der Waals surface area contributed by atoms with Gasteiger partial charge in [0.15, 0.2) is 0 Å². The van der Waals surface area contributed by atoms with Gasteiger partial charge in [0.25, 0.3) is 0 Å². The van der Waals surface area contributed by atoms with Crippen molar-refractivity contribution in [1.29, 1.82) is 0 Å². The van der Waals surface area contributed by atoms with E-state index in [0.717, 1.165) is 11.1 Å². The lowest BCUT2D eigenvalue weighted by Crippen LogP contribution is -1.91. The van der Waals surface area contributed by atoms with Gasteiger partial charge >= 0.3 is 0 Å². The Morgan fingerprint density at radius 2 is 1.11 bits per heavy atom. The van der Waals surface area contributed by atoms with Gasteiger partial charge in [-0.25, -0.2) is 0 Å². The summed E-state index contributed by atoms with van der Waals surface area (Å²) in [5.41, 5.74) is 1.82. The van der Waals surface area contributed by atoms with Crippen LogP contribution in [0, 0.1) is 0 Å². The Bertz CT molecular complexity index is 516. The normalized spacial score (nSPS) is 10.2. The molecule has 2 nitrogen and oxygen atoms in total. The Hall–Kier alpha value is -1.38. The van der Waals surface area contributed by atoms with Gasteiger partial charge < -0.3 is 9.47 Å². The molecule has 0 unspecified atom stereocenters. The van der Waals surface area contributed by atoms with Crippen LogP contribution in [0.3, 0.4) is 0 Å². The van der Waals surface area contributed by atoms with Crippen LogP contribution < -0.4 is 9.47 Å². The SMILES string of the molecule is COc1cc(Cl)ccc1-c1ccc(Cl)cc1OC. The van der Waals surface area contributed by atoms with E-state index in [4.69, 9.17) is 32.7 Å². The van der Waals surface area contributed by atoms with Crippen LogP contribution in [0.25, 0.3) is 11.1 Å². The van der Waals surface area contributed by atoms with Crippen LogP contribution in [0.4, 0.5) is 0 Å². The zero-order chi connectivity index (χ0) is 13.1. The van der Waals surface area contributed by atoms with E-state index in [9.17, 15) is 0 Å². The molecule has 0 fully saturated rings. The lowest BCUT2D eigenvalue weighted by molar-refractivity contribution is 0.410. The van der Waals surface area contributed by atoms with Gasteiger partial charge in [-0.05, 0) is 36.4 Å². The first-order valence-corrected chi connectivity index (χ1v) is 6.08. The number of hydrogen-bond donors (Lipinski definition) is 0. The fourth-order valence-electron chi connectivity index (χ4n) is 1.78. The van der Waals surface area contributed by atoms with E-state index < -0.39 is 0 Å². The summed E-state index contributed by atoms with van der Waals surface area (Å²) in [6.07, 6.45) is 0. The lowest BCUT2D eigenvalue weighted by Gasteiger charge is -2.13. The monoisotopic (exact) mass is 282 g/mol. The minimum atomic E-state index is 0.628. The Labute approximate surface area is 116 Å². The Balaban J connectivity index is 2.61. The first kappa shape index (κ1) is 13.1. The number of benzene rings is 2. The predicted octanol–water partition coefficient (Wildman–Crippen LogP) is 4.68. The van der Waals surface area contributed by atoms with Crippen LogP contribution in [0.15, 0.2) is 36.4 Å². The highest BCUT2D eigenvalue weighted by atomic mass is 35.5. The Morgan fingerprint density at radius 1 is 0.722 bits per heavy atom. The lowest BCUT2D eigenvalue weighted by atomic mass is 10.0. The number of ether oxygens (including phenoxy) is 2. The largest absolute Gasteiger partial charge is 0.496 e. The van der Waals surface area contributed by atoms with Gasteiger partial charge in [-0.1, -0.05) is 23.2 Å². The molecule has 0 saturated heterocycles. The van der Waals surface area contributed by atoms with E-state index in [1.165, 1.54) is 0 Å². The van der Waals surface area contributed by atoms with Gasteiger partial charge in [-0.2, -0.15) is 0 Å². The maximum atomic E-state index is 5.95. The molecule has 94 valence electrons. The van der Waals surface area contributed by atoms with Gasteiger partial charge in [0, 0.05) is 21.2 Å². The second-order valence-electron chi connectivity index (χ2n) is 3.69. The Kier molecular flexibility index (Phi) is 4.00. The molecule has 0 radical (unpaired) electrons. The van der Waals surface area contributed by atoms with E-state index in [2.05, 4.69) is 0 Å². The quantitative estimate of drug-likeness (QED) is 0.814. The van der Waals surface area contributed by atoms with Gasteiger partial charge in [0.05, 0.1) is 14.2 Å². The van der Waals surface area contributed by atoms with Crippen molar-refractivity contribution in [2.45, 2.75) is 0 Å². The summed E-state index contributed by atoms with van der Waals surface area (Å²) in [6, 6.07) is 11.0. The first-order valence-electron chi connectivity index (χ1n) is 5.33. The molecule has 0 spiro atoms. The van der Waals surface area contributed by atoms with Crippen molar-refractivity contribution in [2.75, 3.05) is 14.2 Å². The van der Waals surface area contributed by atoms with Crippen LogP contribution in [-0.4, -0.2) is 14.2 Å². The molecule has 0 saturated carbocycles. The molecule has 0 heterocycles. The zero-order valence-electron chi connectivity index (χ0n) is 10.0. The molecule has 2 rings (SSSR count). The smallest absolute Gasteiger partial charge is 0.128 e. The standard InChI is InChI=1S/C14H12Cl2O2/c1-17-13-7-9(15)3-5-11(13)12-6-4-10(16)8-14(12)18-2/h3-8H,1-2H3. The van der Waals surface area contributed by atoms with Crippen LogP contribution >= 0.6 is 23.2 Å². The molecular weight excluding hydrogens is 271 g/mol. The average Bonchev–Trinajstić information content (AvgIpc) is 2.38. The van der Waals surface area contributed by atoms with Crippen molar-refractivity contribution < 1.29 is 9.47 Å². The van der Waals surface area contributed by atoms with Crippen LogP contribution in [0.5, 0.6) is 11.5 Å². The molecule has 18 heavy (non-hydrogen) atoms. The highest BCUT2D eigenvalue weighted by molar-refractivity contribution is 6.31. The van der Waals surface area contributed by atoms with Crippen molar-refractivity contribution in [3.05, 3.63) is 46.4 Å². The van der Waals surface area contributed by atoms with Crippen LogP contribution in [0.2, 0.25) is 10.0 Å². The number of rotatable bonds is 3. The highest BCUT2D eigenvalue weighted by Gasteiger charge is 2.11. The molecule has 4 heteroatoms. The van der Waals surface area contributed by atoms with Crippen molar-refractivity contribution in [3.8, 4) is 22.6 Å². The molecule has 0 bridgehead atoms. The predicted molar refractivity (Wildman–Crippen MR) is 75.0 cm³/mol. The van der Waals surface area contributed by atoms with Crippen molar-refractivity contribution in [2.24, 2.45) is 0 Å². The molecule has 0 aliphatic carbocycles. The minimum Gasteiger partial charge on any atom is -0.496 e. The van der Waals surface area contributed by atoms with E-state index in [-0.39, 0.29) is 0 Å². The van der Waals surface area contributed by atoms with Crippen molar-refractivity contribution in [1.82, 2.24) is 0 Å². The number of halogens is 2. The number of methoxy groups -OCH3 is 2. The molecule has 0 aromatic heterocycles. The first-order chi connectivity index (χ1) is 8.65. The maximum absolute atomic E-state index is 5.95. The summed E-state index contributed by atoms with van der Waals surface area (Å²) in [4.78, 5) is 0. The summed E-state index contributed by atoms with van der Waals surface area (Å²) in [5.74, 6) is 1.39. The van der Waals surface area contributed by atoms with Gasteiger partial charge in [-0.15, -0.1) is 0 Å². The molecule has 0 aliphatic rings. The van der Waals surface area contributed by atoms with Gasteiger partial charge in [0.1, 0.15) is 11.5 Å². The summed E-state index contributed by atoms with van der Waals surface area (Å²) in [6.45, 7) is 0. The third kappa shape index (κ3) is 2.55. The summed E-state index contributed by atoms with van der Waals surface area (Å²) in [5, 5.41) is 1.26. The second-order valence-corrected chi connectivity index (χ2v) is 4.56.